The monoisotopic (exact) mass is 438 g/mol. The van der Waals surface area contributed by atoms with Crippen LogP contribution in [0.2, 0.25) is 0 Å². The molecule has 1 aromatic carbocycles. The maximum Gasteiger partial charge on any atom is 0.338 e. The van der Waals surface area contributed by atoms with Crippen LogP contribution < -0.4 is 14.9 Å². The van der Waals surface area contributed by atoms with Gasteiger partial charge >= 0.3 is 5.97 Å². The topological polar surface area (TPSA) is 60.7 Å². The Bertz CT molecular complexity index is 1270. The van der Waals surface area contributed by atoms with Crippen LogP contribution in [0.15, 0.2) is 68.9 Å². The van der Waals surface area contributed by atoms with E-state index in [0.29, 0.717) is 27.2 Å². The number of thiazole rings is 1. The fourth-order valence-corrected chi connectivity index (χ4v) is 5.19. The van der Waals surface area contributed by atoms with E-state index in [1.54, 1.807) is 11.5 Å². The number of rotatable bonds is 5. The van der Waals surface area contributed by atoms with E-state index in [-0.39, 0.29) is 11.5 Å². The Kier molecular flexibility index (Phi) is 5.83. The van der Waals surface area contributed by atoms with Crippen molar-refractivity contribution in [1.29, 1.82) is 0 Å². The van der Waals surface area contributed by atoms with Crippen molar-refractivity contribution in [3.63, 3.8) is 0 Å². The smallest absolute Gasteiger partial charge is 0.338 e. The first-order valence-electron chi connectivity index (χ1n) is 9.74. The standard InChI is InChI=1S/C23H22N2O3S2/c1-14(2)13-28-22(27)19-15(3)24-23-25(20(19)17-10-7-11-29-17)21(26)18(30-23)12-16-8-5-4-6-9-16/h4-12,14,20H,13H2,1-3H3/b18-12+. The van der Waals surface area contributed by atoms with Crippen molar-refractivity contribution in [3.05, 3.63) is 89.2 Å². The fraction of sp³-hybridized carbons (Fsp3) is 0.261. The predicted octanol–water partition coefficient (Wildman–Crippen LogP) is 3.50. The van der Waals surface area contributed by atoms with E-state index in [1.807, 2.05) is 67.8 Å². The van der Waals surface area contributed by atoms with Gasteiger partial charge < -0.3 is 4.74 Å². The predicted molar refractivity (Wildman–Crippen MR) is 120 cm³/mol. The third-order valence-corrected chi connectivity index (χ3v) is 6.61. The number of carbonyl (C=O) groups excluding carboxylic acids is 1. The number of thiophene rings is 1. The first-order chi connectivity index (χ1) is 14.5. The van der Waals surface area contributed by atoms with Crippen LogP contribution in [0.3, 0.4) is 0 Å². The molecule has 0 saturated carbocycles. The Hall–Kier alpha value is -2.77. The second-order valence-electron chi connectivity index (χ2n) is 7.50. The summed E-state index contributed by atoms with van der Waals surface area (Å²) in [6.45, 7) is 6.11. The van der Waals surface area contributed by atoms with Crippen molar-refractivity contribution in [2.75, 3.05) is 6.61 Å². The number of ether oxygens (including phenoxy) is 1. The Morgan fingerprint density at radius 2 is 2.00 bits per heavy atom. The number of benzene rings is 1. The van der Waals surface area contributed by atoms with Crippen LogP contribution in [0.4, 0.5) is 0 Å². The molecule has 154 valence electrons. The van der Waals surface area contributed by atoms with E-state index < -0.39 is 12.0 Å². The minimum absolute atomic E-state index is 0.150. The molecule has 0 aliphatic carbocycles. The maximum atomic E-state index is 13.4. The van der Waals surface area contributed by atoms with E-state index in [9.17, 15) is 9.59 Å². The van der Waals surface area contributed by atoms with Crippen LogP contribution in [0, 0.1) is 5.92 Å². The minimum atomic E-state index is -0.529. The summed E-state index contributed by atoms with van der Waals surface area (Å²) < 4.78 is 7.75. The lowest BCUT2D eigenvalue weighted by Crippen LogP contribution is -2.39. The summed E-state index contributed by atoms with van der Waals surface area (Å²) in [7, 11) is 0. The number of nitrogens with zero attached hydrogens (tertiary/aromatic N) is 2. The molecule has 0 radical (unpaired) electrons. The van der Waals surface area contributed by atoms with Gasteiger partial charge in [-0.05, 0) is 35.9 Å². The molecule has 3 aromatic rings. The van der Waals surface area contributed by atoms with Crippen LogP contribution >= 0.6 is 22.7 Å². The highest BCUT2D eigenvalue weighted by atomic mass is 32.1. The Morgan fingerprint density at radius 3 is 2.67 bits per heavy atom. The molecule has 0 bridgehead atoms. The van der Waals surface area contributed by atoms with Gasteiger partial charge in [-0.15, -0.1) is 11.3 Å². The van der Waals surface area contributed by atoms with E-state index >= 15 is 0 Å². The van der Waals surface area contributed by atoms with Gasteiger partial charge in [-0.3, -0.25) is 9.36 Å². The summed E-state index contributed by atoms with van der Waals surface area (Å²) in [5.74, 6) is -0.192. The van der Waals surface area contributed by atoms with Crippen molar-refractivity contribution < 1.29 is 9.53 Å². The highest BCUT2D eigenvalue weighted by Gasteiger charge is 2.34. The molecule has 2 aromatic heterocycles. The minimum Gasteiger partial charge on any atom is -0.462 e. The molecule has 0 fully saturated rings. The number of fused-ring (bicyclic) bond motifs is 1. The number of hydrogen-bond acceptors (Lipinski definition) is 6. The lowest BCUT2D eigenvalue weighted by molar-refractivity contribution is -0.140. The molecule has 5 nitrogen and oxygen atoms in total. The zero-order valence-corrected chi connectivity index (χ0v) is 18.6. The lowest BCUT2D eigenvalue weighted by atomic mass is 10.0. The third-order valence-electron chi connectivity index (χ3n) is 4.70. The molecule has 1 aliphatic rings. The van der Waals surface area contributed by atoms with Crippen molar-refractivity contribution in [1.82, 2.24) is 4.57 Å². The van der Waals surface area contributed by atoms with E-state index in [1.165, 1.54) is 22.7 Å². The zero-order valence-electron chi connectivity index (χ0n) is 17.0. The first kappa shape index (κ1) is 20.5. The molecule has 0 saturated heterocycles. The van der Waals surface area contributed by atoms with Crippen LogP contribution in [0.1, 0.15) is 37.3 Å². The molecule has 1 atom stereocenters. The number of hydrogen-bond donors (Lipinski definition) is 0. The van der Waals surface area contributed by atoms with Gasteiger partial charge in [0.25, 0.3) is 5.56 Å². The molecule has 7 heteroatoms. The van der Waals surface area contributed by atoms with Gasteiger partial charge in [0.15, 0.2) is 4.80 Å². The normalized spacial score (nSPS) is 16.5. The van der Waals surface area contributed by atoms with Crippen molar-refractivity contribution in [2.45, 2.75) is 26.8 Å². The zero-order chi connectivity index (χ0) is 21.3. The van der Waals surface area contributed by atoms with Gasteiger partial charge in [0, 0.05) is 4.88 Å². The number of aromatic nitrogens is 1. The number of carbonyl (C=O) groups is 1. The van der Waals surface area contributed by atoms with Crippen LogP contribution in [0.25, 0.3) is 6.08 Å². The molecule has 1 aliphatic heterocycles. The molecule has 4 rings (SSSR count). The molecular formula is C23H22N2O3S2. The first-order valence-corrected chi connectivity index (χ1v) is 11.4. The summed E-state index contributed by atoms with van der Waals surface area (Å²) in [6.07, 6.45) is 1.87. The number of esters is 1. The van der Waals surface area contributed by atoms with Gasteiger partial charge in [0.05, 0.1) is 22.4 Å². The fourth-order valence-electron chi connectivity index (χ4n) is 3.32. The van der Waals surface area contributed by atoms with Crippen LogP contribution in [-0.4, -0.2) is 17.1 Å². The maximum absolute atomic E-state index is 13.4. The van der Waals surface area contributed by atoms with E-state index in [0.717, 1.165) is 10.4 Å². The summed E-state index contributed by atoms with van der Waals surface area (Å²) in [5, 5.41) is 1.95. The third kappa shape index (κ3) is 3.95. The van der Waals surface area contributed by atoms with Gasteiger partial charge in [-0.25, -0.2) is 9.79 Å². The van der Waals surface area contributed by atoms with E-state index in [4.69, 9.17) is 4.74 Å². The SMILES string of the molecule is CC1=C(C(=O)OCC(C)C)C(c2cccs2)n2c(s/c(=C/c3ccccc3)c2=O)=N1. The number of allylic oxidation sites excluding steroid dienone is 1. The largest absolute Gasteiger partial charge is 0.462 e. The quantitative estimate of drug-likeness (QED) is 0.573. The Morgan fingerprint density at radius 1 is 1.23 bits per heavy atom. The van der Waals surface area contributed by atoms with Gasteiger partial charge in [-0.1, -0.05) is 61.6 Å². The summed E-state index contributed by atoms with van der Waals surface area (Å²) in [6, 6.07) is 13.1. The molecule has 0 N–H and O–H groups in total. The van der Waals surface area contributed by atoms with Crippen LogP contribution in [-0.2, 0) is 9.53 Å². The van der Waals surface area contributed by atoms with Crippen LogP contribution in [0.5, 0.6) is 0 Å². The average molecular weight is 439 g/mol. The van der Waals surface area contributed by atoms with E-state index in [2.05, 4.69) is 4.99 Å². The van der Waals surface area contributed by atoms with Crippen molar-refractivity contribution >= 4 is 34.7 Å². The molecule has 0 amide bonds. The lowest BCUT2D eigenvalue weighted by Gasteiger charge is -2.23. The Balaban J connectivity index is 1.88. The van der Waals surface area contributed by atoms with Gasteiger partial charge in [0.2, 0.25) is 0 Å². The summed E-state index contributed by atoms with van der Waals surface area (Å²) >= 11 is 2.85. The average Bonchev–Trinajstić information content (AvgIpc) is 3.35. The highest BCUT2D eigenvalue weighted by Crippen LogP contribution is 2.33. The molecular weight excluding hydrogens is 416 g/mol. The molecule has 30 heavy (non-hydrogen) atoms. The van der Waals surface area contributed by atoms with Gasteiger partial charge in [-0.2, -0.15) is 0 Å². The summed E-state index contributed by atoms with van der Waals surface area (Å²) in [5.41, 5.74) is 1.82. The van der Waals surface area contributed by atoms with Crippen molar-refractivity contribution in [2.24, 2.45) is 10.9 Å². The molecule has 0 spiro atoms. The summed E-state index contributed by atoms with van der Waals surface area (Å²) in [4.78, 5) is 32.5. The second-order valence-corrected chi connectivity index (χ2v) is 9.49. The molecule has 3 heterocycles. The molecule has 1 unspecified atom stereocenters. The van der Waals surface area contributed by atoms with Crippen molar-refractivity contribution in [3.8, 4) is 0 Å². The van der Waals surface area contributed by atoms with Gasteiger partial charge in [0.1, 0.15) is 6.04 Å². The Labute approximate surface area is 182 Å². The second kappa shape index (κ2) is 8.53. The highest BCUT2D eigenvalue weighted by molar-refractivity contribution is 7.10.